The van der Waals surface area contributed by atoms with Gasteiger partial charge >= 0.3 is 0 Å². The SMILES string of the molecule is Cc1ncsc1-c1ccc(CNC(=O)[C@@H]2C[C@@H](O)CN2C(=O)[C@@H](NC(=O)CCCCN)C(C)(C)C)cc1.Cl.Cl.O. The number of nitrogens with one attached hydrogen (secondary N) is 2. The van der Waals surface area contributed by atoms with Crippen molar-refractivity contribution in [1.82, 2.24) is 20.5 Å². The molecular weight excluding hydrogens is 577 g/mol. The van der Waals surface area contributed by atoms with Crippen molar-refractivity contribution in [1.29, 1.82) is 0 Å². The number of aryl methyl sites for hydroxylation is 1. The van der Waals surface area contributed by atoms with Crippen molar-refractivity contribution < 1.29 is 25.0 Å². The largest absolute Gasteiger partial charge is 0.412 e. The molecule has 3 rings (SSSR count). The maximum Gasteiger partial charge on any atom is 0.246 e. The Kier molecular flexibility index (Phi) is 15.9. The number of hydrogen-bond donors (Lipinski definition) is 4. The number of benzene rings is 1. The number of aliphatic hydroxyl groups is 1. The first-order valence-electron chi connectivity index (χ1n) is 12.8. The Balaban J connectivity index is 0.00000507. The smallest absolute Gasteiger partial charge is 0.246 e. The first-order valence-corrected chi connectivity index (χ1v) is 13.6. The lowest BCUT2D eigenvalue weighted by molar-refractivity contribution is -0.144. The molecule has 0 unspecified atom stereocenters. The molecule has 2 heterocycles. The molecule has 7 N–H and O–H groups in total. The summed E-state index contributed by atoms with van der Waals surface area (Å²) in [5.41, 5.74) is 9.73. The van der Waals surface area contributed by atoms with Gasteiger partial charge in [0.1, 0.15) is 12.1 Å². The maximum absolute atomic E-state index is 13.6. The number of nitrogens with zero attached hydrogens (tertiary/aromatic N) is 2. The minimum Gasteiger partial charge on any atom is -0.412 e. The Labute approximate surface area is 252 Å². The lowest BCUT2D eigenvalue weighted by atomic mass is 9.85. The Hall–Kier alpha value is -2.28. The van der Waals surface area contributed by atoms with Crippen molar-refractivity contribution in [2.45, 2.75) is 78.1 Å². The molecule has 1 saturated heterocycles. The molecule has 226 valence electrons. The summed E-state index contributed by atoms with van der Waals surface area (Å²) in [4.78, 5) is 46.0. The molecule has 1 fully saturated rings. The summed E-state index contributed by atoms with van der Waals surface area (Å²) >= 11 is 1.59. The summed E-state index contributed by atoms with van der Waals surface area (Å²) in [5.74, 6) is -0.908. The van der Waals surface area contributed by atoms with Gasteiger partial charge in [0.2, 0.25) is 17.7 Å². The summed E-state index contributed by atoms with van der Waals surface area (Å²) in [6, 6.07) is 6.29. The number of aliphatic hydroxyl groups excluding tert-OH is 1. The van der Waals surface area contributed by atoms with Crippen molar-refractivity contribution in [2.24, 2.45) is 11.1 Å². The lowest BCUT2D eigenvalue weighted by Crippen LogP contribution is -2.57. The van der Waals surface area contributed by atoms with Crippen LogP contribution in [0.4, 0.5) is 0 Å². The van der Waals surface area contributed by atoms with E-state index >= 15 is 0 Å². The maximum atomic E-state index is 13.6. The van der Waals surface area contributed by atoms with Crippen LogP contribution < -0.4 is 16.4 Å². The minimum absolute atomic E-state index is 0. The average Bonchev–Trinajstić information content (AvgIpc) is 3.46. The standard InChI is InChI=1S/C27H39N5O4S.2ClH.H2O/c1-17-23(37-16-30-17)19-10-8-18(9-11-19)14-29-25(35)21-13-20(33)15-32(21)26(36)24(27(2,3)4)31-22(34)7-5-6-12-28;;;/h8-11,16,20-21,24,33H,5-7,12-15,28H2,1-4H3,(H,29,35)(H,31,34);2*1H;1H2/t20-,21+,24-;;;/m1.../s1. The molecule has 0 bridgehead atoms. The zero-order valence-electron chi connectivity index (χ0n) is 23.4. The van der Waals surface area contributed by atoms with Gasteiger partial charge in [-0.2, -0.15) is 0 Å². The van der Waals surface area contributed by atoms with Gasteiger partial charge in [0.15, 0.2) is 0 Å². The van der Waals surface area contributed by atoms with Gasteiger partial charge in [-0.15, -0.1) is 36.2 Å². The van der Waals surface area contributed by atoms with Crippen LogP contribution in [-0.4, -0.2) is 69.5 Å². The number of rotatable bonds is 10. The molecule has 2 aromatic rings. The number of β-amino-alcohol motifs (C(OH)–C–C–N with tert-alkyl or cyclic N) is 1. The highest BCUT2D eigenvalue weighted by Gasteiger charge is 2.44. The van der Waals surface area contributed by atoms with Crippen LogP contribution in [0.25, 0.3) is 10.4 Å². The van der Waals surface area contributed by atoms with E-state index in [4.69, 9.17) is 5.73 Å². The monoisotopic (exact) mass is 619 g/mol. The van der Waals surface area contributed by atoms with Crippen molar-refractivity contribution >= 4 is 53.9 Å². The minimum atomic E-state index is -0.818. The number of unbranched alkanes of at least 4 members (excludes halogenated alkanes) is 1. The lowest BCUT2D eigenvalue weighted by Gasteiger charge is -2.35. The van der Waals surface area contributed by atoms with Crippen molar-refractivity contribution in [3.63, 3.8) is 0 Å². The summed E-state index contributed by atoms with van der Waals surface area (Å²) in [6.07, 6.45) is 1.01. The third kappa shape index (κ3) is 9.97. The van der Waals surface area contributed by atoms with Gasteiger partial charge in [-0.1, -0.05) is 45.0 Å². The van der Waals surface area contributed by atoms with Crippen LogP contribution in [0.3, 0.4) is 0 Å². The highest BCUT2D eigenvalue weighted by atomic mass is 35.5. The molecule has 0 aliphatic carbocycles. The number of thiazole rings is 1. The van der Waals surface area contributed by atoms with Gasteiger partial charge < -0.3 is 31.8 Å². The molecule has 40 heavy (non-hydrogen) atoms. The van der Waals surface area contributed by atoms with Gasteiger partial charge in [0.05, 0.1) is 22.2 Å². The van der Waals surface area contributed by atoms with E-state index in [2.05, 4.69) is 15.6 Å². The topological polar surface area (TPSA) is 169 Å². The molecule has 1 aromatic heterocycles. The first-order chi connectivity index (χ1) is 17.5. The predicted octanol–water partition coefficient (Wildman–Crippen LogP) is 2.38. The number of aromatic nitrogens is 1. The van der Waals surface area contributed by atoms with Gasteiger partial charge in [0, 0.05) is 25.9 Å². The molecule has 1 aromatic carbocycles. The van der Waals surface area contributed by atoms with Crippen LogP contribution in [0.5, 0.6) is 0 Å². The molecule has 3 atom stereocenters. The molecule has 13 heteroatoms. The van der Waals surface area contributed by atoms with Gasteiger partial charge in [-0.25, -0.2) is 4.98 Å². The molecule has 0 radical (unpaired) electrons. The van der Waals surface area contributed by atoms with E-state index in [0.29, 0.717) is 19.5 Å². The van der Waals surface area contributed by atoms with Gasteiger partial charge in [-0.05, 0) is 42.9 Å². The van der Waals surface area contributed by atoms with E-state index in [1.807, 2.05) is 57.5 Å². The predicted molar refractivity (Wildman–Crippen MR) is 163 cm³/mol. The fourth-order valence-corrected chi connectivity index (χ4v) is 5.26. The number of hydrogen-bond acceptors (Lipinski definition) is 7. The molecule has 0 saturated carbocycles. The second-order valence-corrected chi connectivity index (χ2v) is 11.5. The van der Waals surface area contributed by atoms with Crippen molar-refractivity contribution in [3.05, 3.63) is 41.0 Å². The third-order valence-corrected chi connectivity index (χ3v) is 7.55. The van der Waals surface area contributed by atoms with Crippen LogP contribution in [0.2, 0.25) is 0 Å². The highest BCUT2D eigenvalue weighted by Crippen LogP contribution is 2.28. The number of carbonyl (C=O) groups is 3. The number of nitrogens with two attached hydrogens (primary N) is 1. The molecule has 10 nitrogen and oxygen atoms in total. The van der Waals surface area contributed by atoms with E-state index < -0.39 is 23.6 Å². The van der Waals surface area contributed by atoms with Gasteiger partial charge in [-0.3, -0.25) is 14.4 Å². The number of halogens is 2. The molecule has 1 aliphatic rings. The zero-order valence-corrected chi connectivity index (χ0v) is 25.9. The zero-order chi connectivity index (χ0) is 27.2. The van der Waals surface area contributed by atoms with Crippen molar-refractivity contribution in [2.75, 3.05) is 13.1 Å². The highest BCUT2D eigenvalue weighted by molar-refractivity contribution is 7.13. The normalized spacial score (nSPS) is 17.1. The number of amides is 3. The van der Waals surface area contributed by atoms with Crippen LogP contribution in [0, 0.1) is 12.3 Å². The Morgan fingerprint density at radius 2 is 1.82 bits per heavy atom. The Morgan fingerprint density at radius 1 is 1.18 bits per heavy atom. The summed E-state index contributed by atoms with van der Waals surface area (Å²) in [5, 5.41) is 16.1. The molecule has 1 aliphatic heterocycles. The van der Waals surface area contributed by atoms with E-state index in [1.165, 1.54) is 4.90 Å². The van der Waals surface area contributed by atoms with Crippen LogP contribution in [-0.2, 0) is 20.9 Å². The van der Waals surface area contributed by atoms with E-state index in [9.17, 15) is 19.5 Å². The molecule has 3 amide bonds. The van der Waals surface area contributed by atoms with E-state index in [-0.39, 0.29) is 67.4 Å². The second-order valence-electron chi connectivity index (χ2n) is 10.7. The van der Waals surface area contributed by atoms with Crippen LogP contribution >= 0.6 is 36.2 Å². The van der Waals surface area contributed by atoms with E-state index in [1.54, 1.807) is 11.3 Å². The van der Waals surface area contributed by atoms with Crippen LogP contribution in [0.1, 0.15) is 57.7 Å². The quantitative estimate of drug-likeness (QED) is 0.297. The Morgan fingerprint density at radius 3 is 2.38 bits per heavy atom. The van der Waals surface area contributed by atoms with Gasteiger partial charge in [0.25, 0.3) is 0 Å². The summed E-state index contributed by atoms with van der Waals surface area (Å²) in [7, 11) is 0. The summed E-state index contributed by atoms with van der Waals surface area (Å²) < 4.78 is 0. The fraction of sp³-hybridized carbons (Fsp3) is 0.556. The second kappa shape index (κ2) is 16.9. The van der Waals surface area contributed by atoms with Crippen LogP contribution in [0.15, 0.2) is 29.8 Å². The number of carbonyl (C=O) groups excluding carboxylic acids is 3. The van der Waals surface area contributed by atoms with E-state index in [0.717, 1.165) is 28.1 Å². The first kappa shape index (κ1) is 37.7. The average molecular weight is 621 g/mol. The summed E-state index contributed by atoms with van der Waals surface area (Å²) in [6.45, 7) is 8.44. The number of likely N-dealkylation sites (tertiary alicyclic amines) is 1. The van der Waals surface area contributed by atoms with Crippen molar-refractivity contribution in [3.8, 4) is 10.4 Å². The fourth-order valence-electron chi connectivity index (χ4n) is 4.44. The Bertz CT molecular complexity index is 1090. The molecule has 0 spiro atoms. The third-order valence-electron chi connectivity index (χ3n) is 6.57. The molecular formula is C27H43Cl2N5O5S.